The van der Waals surface area contributed by atoms with Gasteiger partial charge < -0.3 is 14.9 Å². The third kappa shape index (κ3) is 2.80. The molecular weight excluding hydrogens is 378 g/mol. The number of hydrogen-bond donors (Lipinski definition) is 1. The molecule has 0 saturated carbocycles. The quantitative estimate of drug-likeness (QED) is 0.311. The predicted octanol–water partition coefficient (Wildman–Crippen LogP) is 2.75. The van der Waals surface area contributed by atoms with Gasteiger partial charge in [-0.05, 0) is 12.1 Å². The molecule has 1 aromatic heterocycles. The number of fused-ring (bicyclic) bond motifs is 3. The maximum Gasteiger partial charge on any atom is 0.344 e. The first-order chi connectivity index (χ1) is 13.9. The fraction of sp³-hybridized carbons (Fsp3) is 0.0500. The van der Waals surface area contributed by atoms with Gasteiger partial charge in [0, 0.05) is 17.7 Å². The molecule has 4 rings (SSSR count). The zero-order valence-corrected chi connectivity index (χ0v) is 14.6. The van der Waals surface area contributed by atoms with Crippen LogP contribution in [0.3, 0.4) is 0 Å². The third-order valence-corrected chi connectivity index (χ3v) is 4.58. The molecular formula is C20H11N3O6. The summed E-state index contributed by atoms with van der Waals surface area (Å²) in [5, 5.41) is 21.0. The molecule has 9 heteroatoms. The van der Waals surface area contributed by atoms with Crippen molar-refractivity contribution in [2.75, 3.05) is 0 Å². The van der Waals surface area contributed by atoms with Crippen molar-refractivity contribution in [3.8, 4) is 11.8 Å². The second kappa shape index (κ2) is 6.61. The van der Waals surface area contributed by atoms with E-state index in [9.17, 15) is 25.0 Å². The number of para-hydroxylation sites is 1. The van der Waals surface area contributed by atoms with Crippen molar-refractivity contribution in [2.45, 2.75) is 5.92 Å². The lowest BCUT2D eigenvalue weighted by Crippen LogP contribution is -2.30. The van der Waals surface area contributed by atoms with Crippen LogP contribution in [0.1, 0.15) is 21.8 Å². The highest BCUT2D eigenvalue weighted by molar-refractivity contribution is 6.05. The van der Waals surface area contributed by atoms with Gasteiger partial charge in [0.2, 0.25) is 5.88 Å². The molecule has 1 aliphatic rings. The minimum absolute atomic E-state index is 0.0251. The Bertz CT molecular complexity index is 1330. The van der Waals surface area contributed by atoms with E-state index in [0.717, 1.165) is 6.07 Å². The molecule has 0 spiro atoms. The number of carbonyl (C=O) groups excluding carboxylic acids is 1. The molecule has 29 heavy (non-hydrogen) atoms. The normalized spacial score (nSPS) is 15.3. The highest BCUT2D eigenvalue weighted by Crippen LogP contribution is 2.41. The van der Waals surface area contributed by atoms with Gasteiger partial charge in [0.05, 0.1) is 21.8 Å². The summed E-state index contributed by atoms with van der Waals surface area (Å²) >= 11 is 0. The molecule has 0 aliphatic carbocycles. The van der Waals surface area contributed by atoms with Crippen molar-refractivity contribution in [1.29, 1.82) is 5.26 Å². The molecule has 9 nitrogen and oxygen atoms in total. The van der Waals surface area contributed by atoms with Crippen molar-refractivity contribution < 1.29 is 18.9 Å². The smallest absolute Gasteiger partial charge is 0.344 e. The van der Waals surface area contributed by atoms with E-state index in [0.29, 0.717) is 5.39 Å². The Labute approximate surface area is 162 Å². The zero-order valence-electron chi connectivity index (χ0n) is 14.6. The van der Waals surface area contributed by atoms with Crippen molar-refractivity contribution in [3.63, 3.8) is 0 Å². The van der Waals surface area contributed by atoms with Gasteiger partial charge in [0.15, 0.2) is 11.5 Å². The van der Waals surface area contributed by atoms with Crippen molar-refractivity contribution >= 4 is 22.4 Å². The van der Waals surface area contributed by atoms with Crippen LogP contribution >= 0.6 is 0 Å². The van der Waals surface area contributed by atoms with Gasteiger partial charge in [0.1, 0.15) is 17.2 Å². The largest absolute Gasteiger partial charge is 0.439 e. The summed E-state index contributed by atoms with van der Waals surface area (Å²) < 4.78 is 10.8. The van der Waals surface area contributed by atoms with E-state index in [1.54, 1.807) is 30.3 Å². The van der Waals surface area contributed by atoms with E-state index in [1.807, 2.05) is 0 Å². The lowest BCUT2D eigenvalue weighted by molar-refractivity contribution is -0.384. The van der Waals surface area contributed by atoms with Crippen molar-refractivity contribution in [1.82, 2.24) is 0 Å². The molecule has 2 heterocycles. The summed E-state index contributed by atoms with van der Waals surface area (Å²) in [5.41, 5.74) is 4.45. The van der Waals surface area contributed by atoms with E-state index < -0.39 is 22.3 Å². The van der Waals surface area contributed by atoms with Gasteiger partial charge in [-0.25, -0.2) is 4.79 Å². The first-order valence-electron chi connectivity index (χ1n) is 8.34. The lowest BCUT2D eigenvalue weighted by Gasteiger charge is -2.24. The van der Waals surface area contributed by atoms with Gasteiger partial charge in [-0.2, -0.15) is 5.26 Å². The summed E-state index contributed by atoms with van der Waals surface area (Å²) in [6, 6.07) is 13.3. The van der Waals surface area contributed by atoms with Gasteiger partial charge in [0.25, 0.3) is 5.69 Å². The molecule has 0 bridgehead atoms. The van der Waals surface area contributed by atoms with Crippen LogP contribution in [-0.4, -0.2) is 10.7 Å². The van der Waals surface area contributed by atoms with Crippen LogP contribution in [0.4, 0.5) is 5.69 Å². The van der Waals surface area contributed by atoms with Crippen molar-refractivity contribution in [3.05, 3.63) is 91.6 Å². The number of non-ortho nitro benzene ring substituents is 1. The minimum atomic E-state index is -1.41. The molecule has 0 amide bonds. The lowest BCUT2D eigenvalue weighted by atomic mass is 9.83. The average molecular weight is 389 g/mol. The first-order valence-corrected chi connectivity index (χ1v) is 8.34. The molecule has 1 unspecified atom stereocenters. The fourth-order valence-corrected chi connectivity index (χ4v) is 3.27. The molecule has 0 radical (unpaired) electrons. The number of nitrogens with two attached hydrogens (primary N) is 1. The molecule has 1 aliphatic heterocycles. The summed E-state index contributed by atoms with van der Waals surface area (Å²) in [6.07, 6.45) is 0. The van der Waals surface area contributed by atoms with E-state index in [2.05, 4.69) is 0 Å². The van der Waals surface area contributed by atoms with E-state index in [-0.39, 0.29) is 39.6 Å². The number of hydrogen-bond acceptors (Lipinski definition) is 8. The van der Waals surface area contributed by atoms with E-state index >= 15 is 0 Å². The molecule has 142 valence electrons. The van der Waals surface area contributed by atoms with Gasteiger partial charge >= 0.3 is 5.63 Å². The Morgan fingerprint density at radius 2 is 1.97 bits per heavy atom. The Balaban J connectivity index is 1.98. The number of allylic oxidation sites excluding steroid dienone is 1. The number of nitrogens with zero attached hydrogens (tertiary/aromatic N) is 2. The average Bonchev–Trinajstić information content (AvgIpc) is 2.72. The third-order valence-electron chi connectivity index (χ3n) is 4.58. The van der Waals surface area contributed by atoms with Crippen LogP contribution in [-0.2, 0) is 0 Å². The number of nitro benzene ring substituents is 1. The number of nitro groups is 1. The van der Waals surface area contributed by atoms with Crippen LogP contribution in [0, 0.1) is 21.4 Å². The maximum absolute atomic E-state index is 13.2. The SMILES string of the molecule is N#CC1=C(N)Oc2c(c(=O)oc3ccccc23)C1C(=O)c1cccc([N+](=O)[O-])c1. The van der Waals surface area contributed by atoms with Crippen LogP contribution in [0.15, 0.2) is 69.2 Å². The fourth-order valence-electron chi connectivity index (χ4n) is 3.27. The zero-order chi connectivity index (χ0) is 20.7. The summed E-state index contributed by atoms with van der Waals surface area (Å²) in [7, 11) is 0. The molecule has 2 N–H and O–H groups in total. The van der Waals surface area contributed by atoms with Gasteiger partial charge in [-0.3, -0.25) is 14.9 Å². The molecule has 3 aromatic rings. The highest BCUT2D eigenvalue weighted by atomic mass is 16.6. The topological polar surface area (TPSA) is 149 Å². The second-order valence-corrected chi connectivity index (χ2v) is 6.22. The maximum atomic E-state index is 13.2. The molecule has 0 saturated heterocycles. The van der Waals surface area contributed by atoms with E-state index in [1.165, 1.54) is 18.2 Å². The van der Waals surface area contributed by atoms with Crippen LogP contribution in [0.5, 0.6) is 5.75 Å². The number of ether oxygens (including phenoxy) is 1. The molecule has 0 fully saturated rings. The summed E-state index contributed by atoms with van der Waals surface area (Å²) in [5.74, 6) is -2.41. The monoisotopic (exact) mass is 389 g/mol. The predicted molar refractivity (Wildman–Crippen MR) is 100 cm³/mol. The van der Waals surface area contributed by atoms with Crippen molar-refractivity contribution in [2.24, 2.45) is 5.73 Å². The van der Waals surface area contributed by atoms with E-state index in [4.69, 9.17) is 14.9 Å². The number of benzene rings is 2. The number of Topliss-reactive ketones (excluding diaryl/α,β-unsaturated/α-hetero) is 1. The van der Waals surface area contributed by atoms with Gasteiger partial charge in [-0.1, -0.05) is 24.3 Å². The Morgan fingerprint density at radius 1 is 1.21 bits per heavy atom. The molecule has 1 atom stereocenters. The number of ketones is 1. The van der Waals surface area contributed by atoms with Crippen LogP contribution in [0.2, 0.25) is 0 Å². The number of nitriles is 1. The summed E-state index contributed by atoms with van der Waals surface area (Å²) in [6.45, 7) is 0. The standard InChI is InChI=1S/C20H11N3O6/c21-9-13-15(17(24)10-4-3-5-11(8-10)23(26)27)16-18(29-19(13)22)12-6-1-2-7-14(12)28-20(16)25/h1-8,15H,22H2. The Hall–Kier alpha value is -4.45. The van der Waals surface area contributed by atoms with Crippen LogP contribution < -0.4 is 16.1 Å². The second-order valence-electron chi connectivity index (χ2n) is 6.22. The van der Waals surface area contributed by atoms with Gasteiger partial charge in [-0.15, -0.1) is 0 Å². The van der Waals surface area contributed by atoms with Crippen LogP contribution in [0.25, 0.3) is 11.0 Å². The Kier molecular flexibility index (Phi) is 4.09. The number of rotatable bonds is 3. The molecule has 2 aromatic carbocycles. The highest BCUT2D eigenvalue weighted by Gasteiger charge is 2.39. The Morgan fingerprint density at radius 3 is 2.69 bits per heavy atom. The first kappa shape index (κ1) is 17.9. The summed E-state index contributed by atoms with van der Waals surface area (Å²) in [4.78, 5) is 36.3. The number of carbonyl (C=O) groups is 1. The minimum Gasteiger partial charge on any atom is -0.439 e.